The van der Waals surface area contributed by atoms with E-state index in [0.29, 0.717) is 17.9 Å². The molecular formula is C22H20ClF3N4O4. The molecule has 0 N–H and O–H groups in total. The first-order valence-corrected chi connectivity index (χ1v) is 11.1. The van der Waals surface area contributed by atoms with E-state index in [9.17, 15) is 13.2 Å². The lowest BCUT2D eigenvalue weighted by molar-refractivity contribution is -0.377. The Labute approximate surface area is 196 Å². The summed E-state index contributed by atoms with van der Waals surface area (Å²) in [4.78, 5) is 4.44. The average molecular weight is 497 g/mol. The minimum Gasteiger partial charge on any atom is -0.409 e. The van der Waals surface area contributed by atoms with Gasteiger partial charge in [-0.15, -0.1) is 24.8 Å². The van der Waals surface area contributed by atoms with Gasteiger partial charge in [0.1, 0.15) is 5.76 Å². The SMILES string of the molecule is CC1OC(CCCn2ncc3c(-c4noc(C5=CC=C(OC(F)(F)F)C(Cl)C5)n4)cccc32)O1. The van der Waals surface area contributed by atoms with E-state index in [0.717, 1.165) is 29.3 Å². The van der Waals surface area contributed by atoms with E-state index >= 15 is 0 Å². The summed E-state index contributed by atoms with van der Waals surface area (Å²) in [5, 5.41) is 8.40. The van der Waals surface area contributed by atoms with Crippen LogP contribution in [0.3, 0.4) is 0 Å². The van der Waals surface area contributed by atoms with Gasteiger partial charge in [0.05, 0.1) is 17.1 Å². The van der Waals surface area contributed by atoms with Crippen molar-refractivity contribution >= 4 is 28.1 Å². The Kier molecular flexibility index (Phi) is 6.09. The molecule has 180 valence electrons. The maximum Gasteiger partial charge on any atom is 0.572 e. The Morgan fingerprint density at radius 1 is 1.24 bits per heavy atom. The third-order valence-corrected chi connectivity index (χ3v) is 5.89. The average Bonchev–Trinajstić information content (AvgIpc) is 3.41. The molecule has 34 heavy (non-hydrogen) atoms. The predicted molar refractivity (Wildman–Crippen MR) is 115 cm³/mol. The lowest BCUT2D eigenvalue weighted by Crippen LogP contribution is -2.38. The van der Waals surface area contributed by atoms with Crippen LogP contribution in [0.25, 0.3) is 27.9 Å². The number of ether oxygens (including phenoxy) is 3. The number of alkyl halides is 4. The summed E-state index contributed by atoms with van der Waals surface area (Å²) < 4.78 is 59.6. The third-order valence-electron chi connectivity index (χ3n) is 5.52. The highest BCUT2D eigenvalue weighted by Crippen LogP contribution is 2.35. The van der Waals surface area contributed by atoms with Crippen LogP contribution < -0.4 is 0 Å². The topological polar surface area (TPSA) is 84.4 Å². The van der Waals surface area contributed by atoms with Gasteiger partial charge in [0.2, 0.25) is 5.82 Å². The van der Waals surface area contributed by atoms with Gasteiger partial charge in [-0.1, -0.05) is 23.4 Å². The molecule has 1 saturated heterocycles. The van der Waals surface area contributed by atoms with Crippen molar-refractivity contribution in [2.45, 2.75) is 57.1 Å². The fraction of sp³-hybridized carbons (Fsp3) is 0.409. The molecule has 3 heterocycles. The molecule has 0 saturated carbocycles. The van der Waals surface area contributed by atoms with Crippen LogP contribution in [0.4, 0.5) is 13.2 Å². The minimum atomic E-state index is -4.80. The van der Waals surface area contributed by atoms with Gasteiger partial charge in [-0.05, 0) is 25.5 Å². The standard InChI is InChI=1S/C22H20ClF3N4O4/c1-12-31-19(32-12)6-3-9-30-17-5-2-4-14(15(17)11-27-30)20-28-21(34-29-20)13-7-8-18(16(23)10-13)33-22(24,25)26/h2,4-5,7-8,11-12,16,19H,3,6,9-10H2,1H3. The molecule has 0 amide bonds. The molecule has 12 heteroatoms. The van der Waals surface area contributed by atoms with E-state index in [2.05, 4.69) is 20.0 Å². The number of halogens is 4. The van der Waals surface area contributed by atoms with Crippen LogP contribution in [0.1, 0.15) is 32.1 Å². The van der Waals surface area contributed by atoms with Gasteiger partial charge in [-0.3, -0.25) is 4.68 Å². The van der Waals surface area contributed by atoms with Crippen LogP contribution in [0.5, 0.6) is 0 Å². The quantitative estimate of drug-likeness (QED) is 0.405. The first-order chi connectivity index (χ1) is 16.3. The van der Waals surface area contributed by atoms with Gasteiger partial charge in [0.25, 0.3) is 5.89 Å². The number of fused-ring (bicyclic) bond motifs is 1. The largest absolute Gasteiger partial charge is 0.572 e. The Bertz CT molecular complexity index is 1250. The monoisotopic (exact) mass is 496 g/mol. The number of benzene rings is 1. The molecule has 5 rings (SSSR count). The summed E-state index contributed by atoms with van der Waals surface area (Å²) in [6, 6.07) is 5.69. The second-order valence-electron chi connectivity index (χ2n) is 7.92. The number of hydrogen-bond acceptors (Lipinski definition) is 7. The highest BCUT2D eigenvalue weighted by atomic mass is 35.5. The number of allylic oxidation sites excluding steroid dienone is 4. The van der Waals surface area contributed by atoms with E-state index in [-0.39, 0.29) is 30.7 Å². The second kappa shape index (κ2) is 9.05. The van der Waals surface area contributed by atoms with Crippen molar-refractivity contribution in [1.29, 1.82) is 0 Å². The molecule has 1 aliphatic carbocycles. The molecule has 1 aliphatic heterocycles. The molecule has 2 aromatic heterocycles. The summed E-state index contributed by atoms with van der Waals surface area (Å²) >= 11 is 6.07. The Morgan fingerprint density at radius 3 is 2.79 bits per heavy atom. The molecule has 0 bridgehead atoms. The Balaban J connectivity index is 1.32. The molecule has 0 spiro atoms. The van der Waals surface area contributed by atoms with E-state index in [4.69, 9.17) is 25.6 Å². The van der Waals surface area contributed by atoms with E-state index in [1.165, 1.54) is 12.2 Å². The number of hydrogen-bond donors (Lipinski definition) is 0. The summed E-state index contributed by atoms with van der Waals surface area (Å²) in [6.45, 7) is 2.55. The fourth-order valence-corrected chi connectivity index (χ4v) is 4.24. The lowest BCUT2D eigenvalue weighted by atomic mass is 10.0. The Hall–Kier alpha value is -2.89. The van der Waals surface area contributed by atoms with Gasteiger partial charge < -0.3 is 18.7 Å². The molecule has 3 aromatic rings. The lowest BCUT2D eigenvalue weighted by Gasteiger charge is -2.33. The normalized spacial score (nSPS) is 22.9. The summed E-state index contributed by atoms with van der Waals surface area (Å²) in [7, 11) is 0. The second-order valence-corrected chi connectivity index (χ2v) is 8.45. The molecule has 1 fully saturated rings. The smallest absolute Gasteiger partial charge is 0.409 e. The Morgan fingerprint density at radius 2 is 2.06 bits per heavy atom. The van der Waals surface area contributed by atoms with Crippen LogP contribution in [-0.4, -0.2) is 44.2 Å². The number of aromatic nitrogens is 4. The highest BCUT2D eigenvalue weighted by Gasteiger charge is 2.35. The van der Waals surface area contributed by atoms with E-state index in [1.807, 2.05) is 29.8 Å². The summed E-state index contributed by atoms with van der Waals surface area (Å²) in [5.74, 6) is 0.153. The van der Waals surface area contributed by atoms with Crippen molar-refractivity contribution in [3.8, 4) is 11.4 Å². The van der Waals surface area contributed by atoms with Crippen molar-refractivity contribution in [2.24, 2.45) is 0 Å². The zero-order chi connectivity index (χ0) is 23.9. The summed E-state index contributed by atoms with van der Waals surface area (Å²) in [5.41, 5.74) is 2.17. The van der Waals surface area contributed by atoms with E-state index < -0.39 is 11.7 Å². The van der Waals surface area contributed by atoms with Crippen LogP contribution in [0, 0.1) is 0 Å². The van der Waals surface area contributed by atoms with Crippen molar-refractivity contribution < 1.29 is 31.9 Å². The number of rotatable bonds is 7. The third kappa shape index (κ3) is 4.82. The van der Waals surface area contributed by atoms with Crippen molar-refractivity contribution in [1.82, 2.24) is 19.9 Å². The van der Waals surface area contributed by atoms with Gasteiger partial charge >= 0.3 is 6.36 Å². The van der Waals surface area contributed by atoms with Crippen LogP contribution in [0.2, 0.25) is 0 Å². The van der Waals surface area contributed by atoms with Gasteiger partial charge in [0.15, 0.2) is 12.6 Å². The van der Waals surface area contributed by atoms with E-state index in [1.54, 1.807) is 6.20 Å². The van der Waals surface area contributed by atoms with Gasteiger partial charge in [0, 0.05) is 35.9 Å². The minimum absolute atomic E-state index is 0.0560. The summed E-state index contributed by atoms with van der Waals surface area (Å²) in [6.07, 6.45) is 0.930. The van der Waals surface area contributed by atoms with Crippen LogP contribution in [-0.2, 0) is 20.8 Å². The molecule has 1 atom stereocenters. The van der Waals surface area contributed by atoms with Crippen LogP contribution >= 0.6 is 11.6 Å². The maximum absolute atomic E-state index is 12.5. The first kappa shape index (κ1) is 22.9. The van der Waals surface area contributed by atoms with Crippen LogP contribution in [0.15, 0.2) is 46.8 Å². The van der Waals surface area contributed by atoms with Gasteiger partial charge in [-0.2, -0.15) is 10.1 Å². The molecule has 1 aromatic carbocycles. The molecule has 0 radical (unpaired) electrons. The highest BCUT2D eigenvalue weighted by molar-refractivity contribution is 6.23. The zero-order valence-electron chi connectivity index (χ0n) is 18.0. The van der Waals surface area contributed by atoms with Crippen molar-refractivity contribution in [2.75, 3.05) is 0 Å². The number of aryl methyl sites for hydroxylation is 1. The fourth-order valence-electron chi connectivity index (χ4n) is 3.96. The predicted octanol–water partition coefficient (Wildman–Crippen LogP) is 5.40. The first-order valence-electron chi connectivity index (χ1n) is 10.7. The molecule has 2 aliphatic rings. The molecule has 8 nitrogen and oxygen atoms in total. The maximum atomic E-state index is 12.5. The van der Waals surface area contributed by atoms with Gasteiger partial charge in [-0.25, -0.2) is 0 Å². The molecular weight excluding hydrogens is 477 g/mol. The zero-order valence-corrected chi connectivity index (χ0v) is 18.7. The van der Waals surface area contributed by atoms with Crippen molar-refractivity contribution in [3.05, 3.63) is 48.2 Å². The van der Waals surface area contributed by atoms with Crippen molar-refractivity contribution in [3.63, 3.8) is 0 Å². The molecule has 1 unspecified atom stereocenters. The number of nitrogens with zero attached hydrogens (tertiary/aromatic N) is 4.